The zero-order valence-electron chi connectivity index (χ0n) is 17.0. The van der Waals surface area contributed by atoms with Gasteiger partial charge in [0.25, 0.3) is 0 Å². The lowest BCUT2D eigenvalue weighted by Crippen LogP contribution is -2.44. The predicted octanol–water partition coefficient (Wildman–Crippen LogP) is 4.38. The molecule has 28 heavy (non-hydrogen) atoms. The molecule has 2 fully saturated rings. The number of hydrogen-bond donors (Lipinski definition) is 0. The van der Waals surface area contributed by atoms with E-state index in [1.807, 2.05) is 11.8 Å². The molecule has 148 valence electrons. The van der Waals surface area contributed by atoms with Crippen LogP contribution in [0.1, 0.15) is 59.9 Å². The SMILES string of the molecule is Cc1ccc(Cc2cc(C)nc([C@H]3CN(C(=O)C4CCCC4)CCO3)c2)cc1. The van der Waals surface area contributed by atoms with E-state index in [-0.39, 0.29) is 12.0 Å². The molecular formula is C24H30N2O2. The molecule has 0 N–H and O–H groups in total. The molecule has 1 aliphatic carbocycles. The van der Waals surface area contributed by atoms with E-state index in [1.165, 1.54) is 29.5 Å². The normalized spacial score (nSPS) is 20.5. The first-order chi connectivity index (χ1) is 13.6. The molecular weight excluding hydrogens is 348 g/mol. The van der Waals surface area contributed by atoms with Crippen LogP contribution in [0, 0.1) is 19.8 Å². The molecule has 1 amide bonds. The van der Waals surface area contributed by atoms with Gasteiger partial charge in [-0.15, -0.1) is 0 Å². The number of rotatable bonds is 4. The average Bonchev–Trinajstić information content (AvgIpc) is 3.24. The Balaban J connectivity index is 1.49. The van der Waals surface area contributed by atoms with Crippen LogP contribution in [-0.4, -0.2) is 35.5 Å². The molecule has 1 aromatic carbocycles. The van der Waals surface area contributed by atoms with E-state index >= 15 is 0 Å². The van der Waals surface area contributed by atoms with E-state index in [0.717, 1.165) is 30.7 Å². The van der Waals surface area contributed by atoms with E-state index in [1.54, 1.807) is 0 Å². The second-order valence-electron chi connectivity index (χ2n) is 8.33. The standard InChI is InChI=1S/C24H30N2O2/c1-17-7-9-19(10-8-17)14-20-13-18(2)25-22(15-20)23-16-26(11-12-28-23)24(27)21-5-3-4-6-21/h7-10,13,15,21,23H,3-6,11-12,14,16H2,1-2H3/t23-/m1/s1. The molecule has 4 heteroatoms. The van der Waals surface area contributed by atoms with Crippen LogP contribution in [0.3, 0.4) is 0 Å². The van der Waals surface area contributed by atoms with Gasteiger partial charge in [0, 0.05) is 18.2 Å². The molecule has 4 nitrogen and oxygen atoms in total. The van der Waals surface area contributed by atoms with Crippen LogP contribution in [0.2, 0.25) is 0 Å². The predicted molar refractivity (Wildman–Crippen MR) is 110 cm³/mol. The lowest BCUT2D eigenvalue weighted by Gasteiger charge is -2.34. The summed E-state index contributed by atoms with van der Waals surface area (Å²) >= 11 is 0. The van der Waals surface area contributed by atoms with Crippen molar-refractivity contribution in [3.63, 3.8) is 0 Å². The minimum Gasteiger partial charge on any atom is -0.368 e. The number of amides is 1. The molecule has 0 bridgehead atoms. The minimum atomic E-state index is -0.129. The summed E-state index contributed by atoms with van der Waals surface area (Å²) in [4.78, 5) is 19.6. The van der Waals surface area contributed by atoms with Gasteiger partial charge in [0.05, 0.1) is 18.8 Å². The van der Waals surface area contributed by atoms with Crippen molar-refractivity contribution < 1.29 is 9.53 Å². The molecule has 1 saturated carbocycles. The number of morpholine rings is 1. The number of hydrogen-bond acceptors (Lipinski definition) is 3. The molecule has 0 radical (unpaired) electrons. The third kappa shape index (κ3) is 4.44. The molecule has 1 aromatic heterocycles. The fourth-order valence-electron chi connectivity index (χ4n) is 4.44. The van der Waals surface area contributed by atoms with E-state index in [0.29, 0.717) is 25.6 Å². The highest BCUT2D eigenvalue weighted by molar-refractivity contribution is 5.79. The highest BCUT2D eigenvalue weighted by Gasteiger charge is 2.32. The number of aromatic nitrogens is 1. The highest BCUT2D eigenvalue weighted by atomic mass is 16.5. The zero-order chi connectivity index (χ0) is 19.5. The smallest absolute Gasteiger partial charge is 0.225 e. The van der Waals surface area contributed by atoms with Gasteiger partial charge < -0.3 is 9.64 Å². The van der Waals surface area contributed by atoms with Crippen LogP contribution in [0.4, 0.5) is 0 Å². The van der Waals surface area contributed by atoms with Gasteiger partial charge in [-0.05, 0) is 56.4 Å². The lowest BCUT2D eigenvalue weighted by molar-refractivity contribution is -0.143. The largest absolute Gasteiger partial charge is 0.368 e. The van der Waals surface area contributed by atoms with Crippen molar-refractivity contribution in [2.24, 2.45) is 5.92 Å². The fraction of sp³-hybridized carbons (Fsp3) is 0.500. The summed E-state index contributed by atoms with van der Waals surface area (Å²) in [5.74, 6) is 0.541. The van der Waals surface area contributed by atoms with Crippen LogP contribution in [0.5, 0.6) is 0 Å². The summed E-state index contributed by atoms with van der Waals surface area (Å²) in [6.45, 7) is 6.06. The van der Waals surface area contributed by atoms with Gasteiger partial charge in [0.2, 0.25) is 5.91 Å². The Morgan fingerprint density at radius 1 is 1.11 bits per heavy atom. The molecule has 2 aromatic rings. The van der Waals surface area contributed by atoms with Gasteiger partial charge in [0.15, 0.2) is 0 Å². The van der Waals surface area contributed by atoms with Gasteiger partial charge in [-0.25, -0.2) is 0 Å². The molecule has 0 spiro atoms. The topological polar surface area (TPSA) is 42.4 Å². The van der Waals surface area contributed by atoms with Gasteiger partial charge in [-0.2, -0.15) is 0 Å². The van der Waals surface area contributed by atoms with Crippen LogP contribution >= 0.6 is 0 Å². The summed E-state index contributed by atoms with van der Waals surface area (Å²) in [5, 5.41) is 0. The third-order valence-corrected chi connectivity index (χ3v) is 5.97. The maximum atomic E-state index is 12.8. The summed E-state index contributed by atoms with van der Waals surface area (Å²) < 4.78 is 6.03. The van der Waals surface area contributed by atoms with Crippen molar-refractivity contribution >= 4 is 5.91 Å². The van der Waals surface area contributed by atoms with Gasteiger partial charge in [-0.3, -0.25) is 9.78 Å². The van der Waals surface area contributed by atoms with Crippen LogP contribution in [0.15, 0.2) is 36.4 Å². The minimum absolute atomic E-state index is 0.129. The molecule has 1 aliphatic heterocycles. The van der Waals surface area contributed by atoms with E-state index in [4.69, 9.17) is 9.72 Å². The Hall–Kier alpha value is -2.20. The Kier molecular flexibility index (Phi) is 5.77. The van der Waals surface area contributed by atoms with E-state index in [2.05, 4.69) is 43.3 Å². The van der Waals surface area contributed by atoms with Crippen molar-refractivity contribution in [3.05, 3.63) is 64.5 Å². The maximum absolute atomic E-state index is 12.8. The van der Waals surface area contributed by atoms with Gasteiger partial charge in [-0.1, -0.05) is 42.7 Å². The Bertz CT molecular complexity index is 825. The first-order valence-electron chi connectivity index (χ1n) is 10.5. The third-order valence-electron chi connectivity index (χ3n) is 5.97. The highest BCUT2D eigenvalue weighted by Crippen LogP contribution is 2.29. The molecule has 2 heterocycles. The van der Waals surface area contributed by atoms with Crippen LogP contribution in [0.25, 0.3) is 0 Å². The zero-order valence-corrected chi connectivity index (χ0v) is 17.0. The van der Waals surface area contributed by atoms with Crippen molar-refractivity contribution in [2.75, 3.05) is 19.7 Å². The van der Waals surface area contributed by atoms with Crippen molar-refractivity contribution in [2.45, 2.75) is 52.1 Å². The number of carbonyl (C=O) groups excluding carboxylic acids is 1. The van der Waals surface area contributed by atoms with Crippen LogP contribution in [-0.2, 0) is 16.0 Å². The molecule has 2 aliphatic rings. The first-order valence-corrected chi connectivity index (χ1v) is 10.5. The monoisotopic (exact) mass is 378 g/mol. The van der Waals surface area contributed by atoms with E-state index in [9.17, 15) is 4.79 Å². The molecule has 0 unspecified atom stereocenters. The maximum Gasteiger partial charge on any atom is 0.225 e. The number of benzene rings is 1. The number of ether oxygens (including phenoxy) is 1. The molecule has 1 atom stereocenters. The van der Waals surface area contributed by atoms with E-state index < -0.39 is 0 Å². The van der Waals surface area contributed by atoms with Crippen molar-refractivity contribution in [3.8, 4) is 0 Å². The summed E-state index contributed by atoms with van der Waals surface area (Å²) in [5.41, 5.74) is 5.77. The average molecular weight is 379 g/mol. The van der Waals surface area contributed by atoms with Gasteiger partial charge >= 0.3 is 0 Å². The molecule has 4 rings (SSSR count). The summed E-state index contributed by atoms with van der Waals surface area (Å²) in [6.07, 6.45) is 5.22. The van der Waals surface area contributed by atoms with Gasteiger partial charge in [0.1, 0.15) is 6.10 Å². The van der Waals surface area contributed by atoms with Crippen molar-refractivity contribution in [1.82, 2.24) is 9.88 Å². The number of aryl methyl sites for hydroxylation is 2. The number of nitrogens with zero attached hydrogens (tertiary/aromatic N) is 2. The van der Waals surface area contributed by atoms with Crippen LogP contribution < -0.4 is 0 Å². The number of pyridine rings is 1. The Morgan fingerprint density at radius 3 is 2.61 bits per heavy atom. The Labute approximate surface area is 167 Å². The first kappa shape index (κ1) is 19.1. The van der Waals surface area contributed by atoms with Crippen molar-refractivity contribution in [1.29, 1.82) is 0 Å². The second kappa shape index (κ2) is 8.44. The molecule has 1 saturated heterocycles. The Morgan fingerprint density at radius 2 is 1.86 bits per heavy atom. The quantitative estimate of drug-likeness (QED) is 0.793. The lowest BCUT2D eigenvalue weighted by atomic mass is 10.0. The number of carbonyl (C=O) groups is 1. The fourth-order valence-corrected chi connectivity index (χ4v) is 4.44. The summed E-state index contributed by atoms with van der Waals surface area (Å²) in [6, 6.07) is 13.0. The summed E-state index contributed by atoms with van der Waals surface area (Å²) in [7, 11) is 0. The second-order valence-corrected chi connectivity index (χ2v) is 8.33.